The summed E-state index contributed by atoms with van der Waals surface area (Å²) in [5.41, 5.74) is 2.26. The van der Waals surface area contributed by atoms with Crippen molar-refractivity contribution in [3.63, 3.8) is 0 Å². The maximum absolute atomic E-state index is 13.5. The van der Waals surface area contributed by atoms with Crippen LogP contribution in [0.2, 0.25) is 0 Å². The Morgan fingerprint density at radius 3 is 1.88 bits per heavy atom. The molecule has 0 spiro atoms. The van der Waals surface area contributed by atoms with E-state index in [9.17, 15) is 29.8 Å². The van der Waals surface area contributed by atoms with Crippen molar-refractivity contribution in [3.8, 4) is 11.5 Å². The Balaban J connectivity index is 1.57. The number of hydrogen-bond donors (Lipinski definition) is 1. The van der Waals surface area contributed by atoms with Crippen LogP contribution in [0.3, 0.4) is 0 Å². The third-order valence-electron chi connectivity index (χ3n) is 7.58. The molecule has 0 fully saturated rings. The second-order valence-electron chi connectivity index (χ2n) is 12.2. The van der Waals surface area contributed by atoms with Crippen LogP contribution >= 0.6 is 15.9 Å². The van der Waals surface area contributed by atoms with E-state index in [1.54, 1.807) is 18.2 Å². The first-order valence-corrected chi connectivity index (χ1v) is 13.6. The average Bonchev–Trinajstić information content (AvgIpc) is 2.82. The average molecular weight is 610 g/mol. The number of nitrogens with zero attached hydrogens (tertiary/aromatic N) is 2. The summed E-state index contributed by atoms with van der Waals surface area (Å²) in [6.45, 7) is 8.24. The smallest absolute Gasteiger partial charge is 0.318 e. The summed E-state index contributed by atoms with van der Waals surface area (Å²) < 4.78 is 6.26. The van der Waals surface area contributed by atoms with E-state index in [4.69, 9.17) is 4.74 Å². The van der Waals surface area contributed by atoms with Crippen LogP contribution in [0.25, 0.3) is 0 Å². The SMILES string of the molecule is CC1(C)CC(=O)C2=C(C1)NC1=C(C(=O)CC(C)(C)C1)C2c1ccc(Oc2ccc([N+](=O)[O-])cc2[N+](=O)[O-])c(Br)c1. The van der Waals surface area contributed by atoms with E-state index < -0.39 is 27.1 Å². The molecule has 0 bridgehead atoms. The number of rotatable bonds is 5. The van der Waals surface area contributed by atoms with Crippen LogP contribution in [0.5, 0.6) is 11.5 Å². The van der Waals surface area contributed by atoms with Crippen molar-refractivity contribution < 1.29 is 24.2 Å². The Morgan fingerprint density at radius 1 is 0.825 bits per heavy atom. The second kappa shape index (κ2) is 9.65. The highest BCUT2D eigenvalue weighted by molar-refractivity contribution is 9.10. The van der Waals surface area contributed by atoms with E-state index >= 15 is 0 Å². The summed E-state index contributed by atoms with van der Waals surface area (Å²) in [7, 11) is 0. The fourth-order valence-electron chi connectivity index (χ4n) is 5.97. The standard InChI is InChI=1S/C29H28BrN3O7/c1-28(2)11-18-26(21(34)13-28)25(27-19(31-18)12-29(3,4)14-22(27)35)15-5-7-23(17(30)9-15)40-24-8-6-16(32(36)37)10-20(24)33(38)39/h5-10,25,31H,11-14H2,1-4H3. The van der Waals surface area contributed by atoms with Crippen LogP contribution in [-0.2, 0) is 9.59 Å². The van der Waals surface area contributed by atoms with Gasteiger partial charge in [0.2, 0.25) is 5.75 Å². The fraction of sp³-hybridized carbons (Fsp3) is 0.379. The molecular formula is C29H28BrN3O7. The zero-order valence-corrected chi connectivity index (χ0v) is 24.1. The van der Waals surface area contributed by atoms with E-state index in [-0.39, 0.29) is 33.9 Å². The summed E-state index contributed by atoms with van der Waals surface area (Å²) in [6.07, 6.45) is 2.11. The van der Waals surface area contributed by atoms with Gasteiger partial charge in [0.15, 0.2) is 11.6 Å². The lowest BCUT2D eigenvalue weighted by Crippen LogP contribution is -2.42. The first-order valence-electron chi connectivity index (χ1n) is 12.9. The van der Waals surface area contributed by atoms with Gasteiger partial charge in [-0.05, 0) is 63.4 Å². The van der Waals surface area contributed by atoms with Gasteiger partial charge in [0.1, 0.15) is 5.75 Å². The van der Waals surface area contributed by atoms with Crippen LogP contribution in [0, 0.1) is 31.1 Å². The molecule has 40 heavy (non-hydrogen) atoms. The van der Waals surface area contributed by atoms with Gasteiger partial charge in [-0.2, -0.15) is 0 Å². The Labute approximate surface area is 238 Å². The second-order valence-corrected chi connectivity index (χ2v) is 13.0. The lowest BCUT2D eigenvalue weighted by Gasteiger charge is -2.44. The predicted octanol–water partition coefficient (Wildman–Crippen LogP) is 7.03. The number of nitrogens with one attached hydrogen (secondary N) is 1. The molecule has 5 rings (SSSR count). The minimum absolute atomic E-state index is 0.00545. The maximum Gasteiger partial charge on any atom is 0.318 e. The van der Waals surface area contributed by atoms with Crippen molar-refractivity contribution in [2.24, 2.45) is 10.8 Å². The Hall–Kier alpha value is -3.86. The first-order chi connectivity index (χ1) is 18.7. The minimum atomic E-state index is -0.742. The largest absolute Gasteiger partial charge is 0.449 e. The van der Waals surface area contributed by atoms with Crippen LogP contribution in [0.15, 0.2) is 63.4 Å². The van der Waals surface area contributed by atoms with Crippen molar-refractivity contribution >= 4 is 38.9 Å². The number of nitro groups is 2. The molecule has 0 saturated carbocycles. The number of carbonyl (C=O) groups excluding carboxylic acids is 2. The number of dihydropyridines is 1. The van der Waals surface area contributed by atoms with Crippen LogP contribution in [0.4, 0.5) is 11.4 Å². The van der Waals surface area contributed by atoms with Crippen LogP contribution in [0.1, 0.15) is 64.9 Å². The van der Waals surface area contributed by atoms with E-state index in [2.05, 4.69) is 48.9 Å². The topological polar surface area (TPSA) is 142 Å². The monoisotopic (exact) mass is 609 g/mol. The number of nitro benzene ring substituents is 2. The van der Waals surface area contributed by atoms with Crippen molar-refractivity contribution in [2.45, 2.75) is 59.3 Å². The van der Waals surface area contributed by atoms with Gasteiger partial charge in [-0.1, -0.05) is 33.8 Å². The molecule has 1 aliphatic heterocycles. The molecule has 11 heteroatoms. The van der Waals surface area contributed by atoms with Crippen molar-refractivity contribution in [1.29, 1.82) is 0 Å². The zero-order valence-electron chi connectivity index (χ0n) is 22.5. The molecule has 10 nitrogen and oxygen atoms in total. The third-order valence-corrected chi connectivity index (χ3v) is 8.20. The number of ketones is 2. The molecule has 2 aromatic carbocycles. The molecule has 3 aliphatic rings. The number of benzene rings is 2. The quantitative estimate of drug-likeness (QED) is 0.281. The molecule has 1 N–H and O–H groups in total. The van der Waals surface area contributed by atoms with Gasteiger partial charge in [0, 0.05) is 47.4 Å². The molecule has 0 aromatic heterocycles. The van der Waals surface area contributed by atoms with E-state index in [1.807, 2.05) is 0 Å². The number of carbonyl (C=O) groups is 2. The summed E-state index contributed by atoms with van der Waals surface area (Å²) >= 11 is 3.49. The molecule has 0 unspecified atom stereocenters. The Bertz CT molecular complexity index is 1520. The van der Waals surface area contributed by atoms with E-state index in [1.165, 1.54) is 6.07 Å². The highest BCUT2D eigenvalue weighted by Crippen LogP contribution is 2.51. The number of ether oxygens (including phenoxy) is 1. The van der Waals surface area contributed by atoms with Gasteiger partial charge in [-0.3, -0.25) is 29.8 Å². The number of halogens is 1. The van der Waals surface area contributed by atoms with Gasteiger partial charge < -0.3 is 10.1 Å². The number of allylic oxidation sites excluding steroid dienone is 4. The molecule has 0 atom stereocenters. The van der Waals surface area contributed by atoms with Crippen molar-refractivity contribution in [1.82, 2.24) is 5.32 Å². The van der Waals surface area contributed by atoms with E-state index in [0.29, 0.717) is 41.3 Å². The third kappa shape index (κ3) is 5.05. The van der Waals surface area contributed by atoms with Crippen LogP contribution < -0.4 is 10.1 Å². The van der Waals surface area contributed by atoms with Crippen molar-refractivity contribution in [2.75, 3.05) is 0 Å². The number of Topliss-reactive ketones (excluding diaryl/α,β-unsaturated/α-hetero) is 2. The van der Waals surface area contributed by atoms with Gasteiger partial charge in [0.25, 0.3) is 5.69 Å². The highest BCUT2D eigenvalue weighted by atomic mass is 79.9. The minimum Gasteiger partial charge on any atom is -0.449 e. The lowest BCUT2D eigenvalue weighted by atomic mass is 9.64. The fourth-order valence-corrected chi connectivity index (χ4v) is 6.45. The van der Waals surface area contributed by atoms with Gasteiger partial charge in [-0.15, -0.1) is 0 Å². The number of non-ortho nitro benzene ring substituents is 1. The summed E-state index contributed by atoms with van der Waals surface area (Å²) in [4.78, 5) is 48.2. The molecule has 208 valence electrons. The van der Waals surface area contributed by atoms with E-state index in [0.717, 1.165) is 29.1 Å². The molecule has 0 amide bonds. The normalized spacial score (nSPS) is 20.0. The Kier molecular flexibility index (Phi) is 6.68. The van der Waals surface area contributed by atoms with Crippen LogP contribution in [-0.4, -0.2) is 21.4 Å². The zero-order chi connectivity index (χ0) is 29.1. The molecule has 1 heterocycles. The van der Waals surface area contributed by atoms with Gasteiger partial charge >= 0.3 is 5.69 Å². The highest BCUT2D eigenvalue weighted by Gasteiger charge is 2.46. The molecular weight excluding hydrogens is 582 g/mol. The maximum atomic E-state index is 13.5. The molecule has 0 saturated heterocycles. The van der Waals surface area contributed by atoms with Gasteiger partial charge in [-0.25, -0.2) is 0 Å². The van der Waals surface area contributed by atoms with Gasteiger partial charge in [0.05, 0.1) is 20.4 Å². The molecule has 2 aromatic rings. The summed E-state index contributed by atoms with van der Waals surface area (Å²) in [5.74, 6) is -0.449. The summed E-state index contributed by atoms with van der Waals surface area (Å²) in [6, 6.07) is 8.29. The predicted molar refractivity (Wildman–Crippen MR) is 150 cm³/mol. The Morgan fingerprint density at radius 2 is 1.38 bits per heavy atom. The molecule has 0 radical (unpaired) electrons. The first kappa shape index (κ1) is 27.7. The summed E-state index contributed by atoms with van der Waals surface area (Å²) in [5, 5.41) is 26.1. The van der Waals surface area contributed by atoms with Crippen molar-refractivity contribution in [3.05, 3.63) is 89.2 Å². The molecule has 2 aliphatic carbocycles. The lowest BCUT2D eigenvalue weighted by molar-refractivity contribution is -0.394. The number of hydrogen-bond acceptors (Lipinski definition) is 8.